The van der Waals surface area contributed by atoms with E-state index in [9.17, 15) is 10.1 Å². The monoisotopic (exact) mass is 374 g/mol. The van der Waals surface area contributed by atoms with Gasteiger partial charge in [0.2, 0.25) is 0 Å². The zero-order valence-electron chi connectivity index (χ0n) is 16.4. The van der Waals surface area contributed by atoms with E-state index in [0.29, 0.717) is 17.3 Å². The number of aromatic nitrogens is 2. The van der Waals surface area contributed by atoms with Crippen LogP contribution in [-0.2, 0) is 11.2 Å². The van der Waals surface area contributed by atoms with E-state index in [1.54, 1.807) is 6.08 Å². The average Bonchev–Trinajstić information content (AvgIpc) is 3.22. The zero-order chi connectivity index (χ0) is 20.3. The number of hydrogen-bond acceptors (Lipinski definition) is 4. The topological polar surface area (TPSA) is 83.9 Å². The van der Waals surface area contributed by atoms with Crippen LogP contribution in [0, 0.1) is 32.1 Å². The summed E-state index contributed by atoms with van der Waals surface area (Å²) in [5.74, 6) is 0.950. The molecule has 0 bridgehead atoms. The van der Waals surface area contributed by atoms with Gasteiger partial charge in [-0.2, -0.15) is 5.26 Å². The Labute approximate surface area is 164 Å². The fourth-order valence-corrected chi connectivity index (χ4v) is 3.07. The normalized spacial score (nSPS) is 11.3. The van der Waals surface area contributed by atoms with Crippen LogP contribution >= 0.6 is 0 Å². The Balaban J connectivity index is 1.88. The first-order valence-corrected chi connectivity index (χ1v) is 9.07. The van der Waals surface area contributed by atoms with Crippen LogP contribution in [0.1, 0.15) is 35.2 Å². The van der Waals surface area contributed by atoms with Gasteiger partial charge in [0.1, 0.15) is 17.4 Å². The van der Waals surface area contributed by atoms with Gasteiger partial charge in [0.15, 0.2) is 5.82 Å². The molecule has 0 spiro atoms. The van der Waals surface area contributed by atoms with E-state index in [2.05, 4.69) is 17.4 Å². The van der Waals surface area contributed by atoms with Gasteiger partial charge in [0.25, 0.3) is 5.91 Å². The highest BCUT2D eigenvalue weighted by molar-refractivity contribution is 6.09. The van der Waals surface area contributed by atoms with Gasteiger partial charge in [-0.15, -0.1) is 0 Å². The number of carbonyl (C=O) groups is 1. The number of nitriles is 1. The quantitative estimate of drug-likeness (QED) is 0.526. The van der Waals surface area contributed by atoms with Gasteiger partial charge in [-0.3, -0.25) is 9.36 Å². The Kier molecular flexibility index (Phi) is 5.46. The molecule has 3 rings (SSSR count). The van der Waals surface area contributed by atoms with E-state index in [1.165, 1.54) is 5.56 Å². The number of benzene rings is 1. The molecule has 0 saturated heterocycles. The molecule has 6 nitrogen and oxygen atoms in total. The lowest BCUT2D eigenvalue weighted by molar-refractivity contribution is -0.112. The molecule has 1 amide bonds. The van der Waals surface area contributed by atoms with Crippen LogP contribution in [0.2, 0.25) is 0 Å². The first-order chi connectivity index (χ1) is 13.4. The highest BCUT2D eigenvalue weighted by Crippen LogP contribution is 2.23. The van der Waals surface area contributed by atoms with Crippen molar-refractivity contribution in [2.75, 3.05) is 5.32 Å². The molecule has 2 heterocycles. The second-order valence-electron chi connectivity index (χ2n) is 6.63. The summed E-state index contributed by atoms with van der Waals surface area (Å²) in [5.41, 5.74) is 4.47. The molecule has 6 heteroatoms. The van der Waals surface area contributed by atoms with Crippen LogP contribution in [0.15, 0.2) is 46.5 Å². The Hall–Kier alpha value is -3.59. The number of carbonyl (C=O) groups excluding carboxylic acids is 1. The summed E-state index contributed by atoms with van der Waals surface area (Å²) in [4.78, 5) is 12.5. The van der Waals surface area contributed by atoms with Gasteiger partial charge in [-0.05, 0) is 62.6 Å². The molecule has 28 heavy (non-hydrogen) atoms. The molecule has 0 aliphatic heterocycles. The predicted octanol–water partition coefficient (Wildman–Crippen LogP) is 4.50. The Morgan fingerprint density at radius 2 is 1.96 bits per heavy atom. The van der Waals surface area contributed by atoms with Crippen LogP contribution in [0.3, 0.4) is 0 Å². The number of aryl methyl sites for hydroxylation is 3. The third-order valence-electron chi connectivity index (χ3n) is 4.60. The number of amides is 1. The summed E-state index contributed by atoms with van der Waals surface area (Å²) in [6, 6.07) is 13.3. The molecule has 1 N–H and O–H groups in total. The van der Waals surface area contributed by atoms with Crippen molar-refractivity contribution in [1.29, 1.82) is 5.26 Å². The van der Waals surface area contributed by atoms with E-state index in [0.717, 1.165) is 23.4 Å². The molecule has 0 aliphatic carbocycles. The summed E-state index contributed by atoms with van der Waals surface area (Å²) < 4.78 is 7.09. The number of rotatable bonds is 5. The molecule has 142 valence electrons. The van der Waals surface area contributed by atoms with E-state index in [1.807, 2.05) is 67.8 Å². The van der Waals surface area contributed by atoms with Crippen LogP contribution in [0.5, 0.6) is 0 Å². The summed E-state index contributed by atoms with van der Waals surface area (Å²) >= 11 is 0. The minimum absolute atomic E-state index is 0.0381. The summed E-state index contributed by atoms with van der Waals surface area (Å²) in [6.45, 7) is 7.76. The van der Waals surface area contributed by atoms with E-state index in [-0.39, 0.29) is 5.57 Å². The molecule has 2 aromatic heterocycles. The smallest absolute Gasteiger partial charge is 0.266 e. The molecule has 0 fully saturated rings. The van der Waals surface area contributed by atoms with Crippen molar-refractivity contribution >= 4 is 17.7 Å². The van der Waals surface area contributed by atoms with Crippen molar-refractivity contribution in [2.24, 2.45) is 0 Å². The van der Waals surface area contributed by atoms with Crippen LogP contribution < -0.4 is 5.32 Å². The van der Waals surface area contributed by atoms with Gasteiger partial charge >= 0.3 is 0 Å². The van der Waals surface area contributed by atoms with Crippen LogP contribution in [0.25, 0.3) is 11.9 Å². The largest absolute Gasteiger partial charge is 0.360 e. The van der Waals surface area contributed by atoms with Crippen molar-refractivity contribution in [2.45, 2.75) is 34.1 Å². The zero-order valence-corrected chi connectivity index (χ0v) is 16.4. The molecular weight excluding hydrogens is 352 g/mol. The third kappa shape index (κ3) is 3.89. The fraction of sp³-hybridized carbons (Fsp3) is 0.227. The second-order valence-corrected chi connectivity index (χ2v) is 6.63. The fourth-order valence-electron chi connectivity index (χ4n) is 3.07. The Bertz CT molecular complexity index is 1080. The molecular formula is C22H22N4O2. The van der Waals surface area contributed by atoms with Gasteiger partial charge in [0, 0.05) is 23.1 Å². The van der Waals surface area contributed by atoms with Gasteiger partial charge in [-0.1, -0.05) is 24.2 Å². The Morgan fingerprint density at radius 3 is 2.54 bits per heavy atom. The minimum Gasteiger partial charge on any atom is -0.360 e. The summed E-state index contributed by atoms with van der Waals surface area (Å²) in [6.07, 6.45) is 2.53. The lowest BCUT2D eigenvalue weighted by atomic mass is 10.1. The maximum atomic E-state index is 12.5. The molecule has 1 aromatic carbocycles. The number of hydrogen-bond donors (Lipinski definition) is 1. The molecule has 0 unspecified atom stereocenters. The van der Waals surface area contributed by atoms with Crippen LogP contribution in [-0.4, -0.2) is 15.6 Å². The number of nitrogens with one attached hydrogen (secondary N) is 1. The molecule has 0 atom stereocenters. The lowest BCUT2D eigenvalue weighted by Crippen LogP contribution is -2.13. The van der Waals surface area contributed by atoms with E-state index in [4.69, 9.17) is 4.52 Å². The summed E-state index contributed by atoms with van der Waals surface area (Å²) in [7, 11) is 0. The lowest BCUT2D eigenvalue weighted by Gasteiger charge is -2.06. The van der Waals surface area contributed by atoms with E-state index >= 15 is 0 Å². The average molecular weight is 374 g/mol. The number of nitrogens with zero attached hydrogens (tertiary/aromatic N) is 3. The molecule has 3 aromatic rings. The third-order valence-corrected chi connectivity index (χ3v) is 4.60. The van der Waals surface area contributed by atoms with Gasteiger partial charge in [0.05, 0.1) is 0 Å². The van der Waals surface area contributed by atoms with Crippen LogP contribution in [0.4, 0.5) is 5.69 Å². The first-order valence-electron chi connectivity index (χ1n) is 9.07. The van der Waals surface area contributed by atoms with Crippen molar-refractivity contribution in [3.05, 3.63) is 70.2 Å². The molecule has 0 radical (unpaired) electrons. The van der Waals surface area contributed by atoms with Crippen molar-refractivity contribution in [3.8, 4) is 11.9 Å². The van der Waals surface area contributed by atoms with Crippen molar-refractivity contribution in [3.63, 3.8) is 0 Å². The molecule has 0 aliphatic rings. The van der Waals surface area contributed by atoms with E-state index < -0.39 is 5.91 Å². The highest BCUT2D eigenvalue weighted by atomic mass is 16.5. The predicted molar refractivity (Wildman–Crippen MR) is 108 cm³/mol. The number of anilines is 1. The second kappa shape index (κ2) is 7.97. The van der Waals surface area contributed by atoms with Gasteiger partial charge < -0.3 is 9.84 Å². The standard InChI is InChI=1S/C22H22N4O2/c1-5-17-6-8-20(9-7-17)24-22(27)19(13-23)12-18-10-14(2)26(16(18)4)21-11-15(3)28-25-21/h6-12H,5H2,1-4H3,(H,24,27)/b19-12+. The van der Waals surface area contributed by atoms with Gasteiger partial charge in [-0.25, -0.2) is 0 Å². The summed E-state index contributed by atoms with van der Waals surface area (Å²) in [5, 5.41) is 16.3. The minimum atomic E-state index is -0.436. The maximum absolute atomic E-state index is 12.5. The Morgan fingerprint density at radius 1 is 1.25 bits per heavy atom. The maximum Gasteiger partial charge on any atom is 0.266 e. The first kappa shape index (κ1) is 19.2. The highest BCUT2D eigenvalue weighted by Gasteiger charge is 2.15. The van der Waals surface area contributed by atoms with Crippen molar-refractivity contribution in [1.82, 2.24) is 9.72 Å². The SMILES string of the molecule is CCc1ccc(NC(=O)/C(C#N)=C/c2cc(C)n(-c3cc(C)on3)c2C)cc1. The van der Waals surface area contributed by atoms with Crippen molar-refractivity contribution < 1.29 is 9.32 Å². The molecule has 0 saturated carbocycles.